The molecule has 0 spiro atoms. The first-order valence-corrected chi connectivity index (χ1v) is 12.5. The minimum atomic E-state index is -3.31. The third-order valence-electron chi connectivity index (χ3n) is 6.93. The van der Waals surface area contributed by atoms with Crippen molar-refractivity contribution in [1.82, 2.24) is 5.32 Å². The number of hydrogen-bond acceptors (Lipinski definition) is 4. The normalized spacial score (nSPS) is 30.2. The molecule has 4 saturated carbocycles. The van der Waals surface area contributed by atoms with Gasteiger partial charge >= 0.3 is 0 Å². The number of amides is 2. The standard InChI is InChI=1S/C22H30N2O4S/c1-29(27,28)19-5-2-4-18(11-19)24-20(25)6-3-7-23-21(26)22-12-15-8-16(13-22)10-17(9-15)14-22/h2,4-5,11,15-17H,3,6-10,12-14H2,1H3,(H,23,26)(H,24,25). The molecular weight excluding hydrogens is 388 g/mol. The molecule has 1 aromatic carbocycles. The first kappa shape index (κ1) is 20.4. The van der Waals surface area contributed by atoms with Crippen LogP contribution in [0.15, 0.2) is 29.2 Å². The quantitative estimate of drug-likeness (QED) is 0.666. The van der Waals surface area contributed by atoms with E-state index < -0.39 is 9.84 Å². The smallest absolute Gasteiger partial charge is 0.226 e. The molecule has 4 fully saturated rings. The van der Waals surface area contributed by atoms with Gasteiger partial charge in [0.25, 0.3) is 0 Å². The van der Waals surface area contributed by atoms with Gasteiger partial charge < -0.3 is 10.6 Å². The monoisotopic (exact) mass is 418 g/mol. The molecule has 6 nitrogen and oxygen atoms in total. The molecule has 2 N–H and O–H groups in total. The number of hydrogen-bond donors (Lipinski definition) is 2. The molecule has 0 aromatic heterocycles. The summed E-state index contributed by atoms with van der Waals surface area (Å²) in [5, 5.41) is 5.82. The SMILES string of the molecule is CS(=O)(=O)c1cccc(NC(=O)CCCNC(=O)C23CC4CC(CC(C4)C2)C3)c1. The van der Waals surface area contributed by atoms with Crippen LogP contribution in [0.3, 0.4) is 0 Å². The number of carbonyl (C=O) groups excluding carboxylic acids is 2. The van der Waals surface area contributed by atoms with Crippen LogP contribution in [0.5, 0.6) is 0 Å². The van der Waals surface area contributed by atoms with Crippen LogP contribution in [-0.4, -0.2) is 33.0 Å². The number of anilines is 1. The fourth-order valence-electron chi connectivity index (χ4n) is 6.06. The van der Waals surface area contributed by atoms with Crippen LogP contribution >= 0.6 is 0 Å². The van der Waals surface area contributed by atoms with E-state index in [1.807, 2.05) is 0 Å². The largest absolute Gasteiger partial charge is 0.356 e. The molecule has 29 heavy (non-hydrogen) atoms. The van der Waals surface area contributed by atoms with Gasteiger partial charge in [0.2, 0.25) is 11.8 Å². The zero-order valence-electron chi connectivity index (χ0n) is 16.9. The van der Waals surface area contributed by atoms with Crippen molar-refractivity contribution in [2.24, 2.45) is 23.2 Å². The lowest BCUT2D eigenvalue weighted by molar-refractivity contribution is -0.146. The molecule has 0 atom stereocenters. The Labute approximate surface area is 172 Å². The highest BCUT2D eigenvalue weighted by molar-refractivity contribution is 7.90. The summed E-state index contributed by atoms with van der Waals surface area (Å²) in [6, 6.07) is 6.24. The fraction of sp³-hybridized carbons (Fsp3) is 0.636. The van der Waals surface area contributed by atoms with E-state index in [-0.39, 0.29) is 28.5 Å². The van der Waals surface area contributed by atoms with Crippen molar-refractivity contribution in [3.63, 3.8) is 0 Å². The van der Waals surface area contributed by atoms with E-state index in [0.29, 0.717) is 18.7 Å². The van der Waals surface area contributed by atoms with E-state index in [2.05, 4.69) is 10.6 Å². The molecule has 5 rings (SSSR count). The second-order valence-electron chi connectivity index (χ2n) is 9.41. The van der Waals surface area contributed by atoms with Crippen LogP contribution in [0.4, 0.5) is 5.69 Å². The highest BCUT2D eigenvalue weighted by atomic mass is 32.2. The minimum absolute atomic E-state index is 0.150. The number of rotatable bonds is 7. The van der Waals surface area contributed by atoms with E-state index in [0.717, 1.165) is 43.3 Å². The molecule has 4 bridgehead atoms. The van der Waals surface area contributed by atoms with Gasteiger partial charge in [-0.15, -0.1) is 0 Å². The summed E-state index contributed by atoms with van der Waals surface area (Å²) < 4.78 is 23.2. The first-order valence-electron chi connectivity index (χ1n) is 10.6. The van der Waals surface area contributed by atoms with Crippen LogP contribution < -0.4 is 10.6 Å². The predicted molar refractivity (Wildman–Crippen MR) is 111 cm³/mol. The van der Waals surface area contributed by atoms with Crippen molar-refractivity contribution >= 4 is 27.3 Å². The lowest BCUT2D eigenvalue weighted by Gasteiger charge is -2.55. The summed E-state index contributed by atoms with van der Waals surface area (Å²) >= 11 is 0. The maximum absolute atomic E-state index is 12.9. The van der Waals surface area contributed by atoms with E-state index >= 15 is 0 Å². The van der Waals surface area contributed by atoms with Gasteiger partial charge in [0.1, 0.15) is 0 Å². The van der Waals surface area contributed by atoms with E-state index in [1.165, 1.54) is 31.4 Å². The topological polar surface area (TPSA) is 92.3 Å². The summed E-state index contributed by atoms with van der Waals surface area (Å²) in [4.78, 5) is 25.2. The fourth-order valence-corrected chi connectivity index (χ4v) is 6.72. The molecule has 0 radical (unpaired) electrons. The van der Waals surface area contributed by atoms with Crippen molar-refractivity contribution in [3.8, 4) is 0 Å². The summed E-state index contributed by atoms with van der Waals surface area (Å²) in [5.74, 6) is 2.22. The average Bonchev–Trinajstić information content (AvgIpc) is 2.63. The molecule has 0 saturated heterocycles. The summed E-state index contributed by atoms with van der Waals surface area (Å²) in [6.45, 7) is 0.497. The van der Waals surface area contributed by atoms with Crippen LogP contribution in [0, 0.1) is 23.2 Å². The van der Waals surface area contributed by atoms with Crippen LogP contribution in [0.2, 0.25) is 0 Å². The number of benzene rings is 1. The molecule has 0 heterocycles. The van der Waals surface area contributed by atoms with Gasteiger partial charge in [0.05, 0.1) is 4.90 Å². The molecule has 0 aliphatic heterocycles. The van der Waals surface area contributed by atoms with Crippen molar-refractivity contribution in [2.75, 3.05) is 18.1 Å². The molecule has 1 aromatic rings. The average molecular weight is 419 g/mol. The maximum Gasteiger partial charge on any atom is 0.226 e. The van der Waals surface area contributed by atoms with E-state index in [4.69, 9.17) is 0 Å². The maximum atomic E-state index is 12.9. The molecular formula is C22H30N2O4S. The lowest BCUT2D eigenvalue weighted by Crippen LogP contribution is -2.53. The zero-order chi connectivity index (χ0) is 20.6. The molecule has 158 valence electrons. The minimum Gasteiger partial charge on any atom is -0.356 e. The third-order valence-corrected chi connectivity index (χ3v) is 8.04. The second-order valence-corrected chi connectivity index (χ2v) is 11.4. The van der Waals surface area contributed by atoms with Crippen molar-refractivity contribution in [1.29, 1.82) is 0 Å². The van der Waals surface area contributed by atoms with Crippen LogP contribution in [0.25, 0.3) is 0 Å². The van der Waals surface area contributed by atoms with Crippen LogP contribution in [0.1, 0.15) is 51.4 Å². The van der Waals surface area contributed by atoms with Crippen LogP contribution in [-0.2, 0) is 19.4 Å². The number of carbonyl (C=O) groups is 2. The Morgan fingerprint density at radius 2 is 1.69 bits per heavy atom. The Bertz CT molecular complexity index is 874. The molecule has 7 heteroatoms. The van der Waals surface area contributed by atoms with Crippen molar-refractivity contribution < 1.29 is 18.0 Å². The zero-order valence-corrected chi connectivity index (χ0v) is 17.8. The Morgan fingerprint density at radius 1 is 1.07 bits per heavy atom. The molecule has 0 unspecified atom stereocenters. The van der Waals surface area contributed by atoms with E-state index in [9.17, 15) is 18.0 Å². The van der Waals surface area contributed by atoms with Gasteiger partial charge in [-0.25, -0.2) is 8.42 Å². The third kappa shape index (κ3) is 4.49. The Balaban J connectivity index is 1.23. The van der Waals surface area contributed by atoms with Gasteiger partial charge in [-0.1, -0.05) is 6.07 Å². The van der Waals surface area contributed by atoms with Gasteiger partial charge in [0, 0.05) is 30.3 Å². The lowest BCUT2D eigenvalue weighted by atomic mass is 9.49. The molecule has 4 aliphatic rings. The van der Waals surface area contributed by atoms with E-state index in [1.54, 1.807) is 12.1 Å². The predicted octanol–water partition coefficient (Wildman–Crippen LogP) is 3.14. The first-order chi connectivity index (χ1) is 13.7. The van der Waals surface area contributed by atoms with Gasteiger partial charge in [-0.3, -0.25) is 9.59 Å². The summed E-state index contributed by atoms with van der Waals surface area (Å²) in [7, 11) is -3.31. The van der Waals surface area contributed by atoms with Gasteiger partial charge in [-0.2, -0.15) is 0 Å². The Hall–Kier alpha value is -1.89. The highest BCUT2D eigenvalue weighted by Gasteiger charge is 2.54. The van der Waals surface area contributed by atoms with Crippen molar-refractivity contribution in [3.05, 3.63) is 24.3 Å². The summed E-state index contributed by atoms with van der Waals surface area (Å²) in [5.41, 5.74) is 0.318. The Kier molecular flexibility index (Phi) is 5.44. The Morgan fingerprint density at radius 3 is 2.28 bits per heavy atom. The second kappa shape index (κ2) is 7.74. The van der Waals surface area contributed by atoms with Crippen molar-refractivity contribution in [2.45, 2.75) is 56.3 Å². The van der Waals surface area contributed by atoms with Gasteiger partial charge in [-0.05, 0) is 80.9 Å². The van der Waals surface area contributed by atoms with Gasteiger partial charge in [0.15, 0.2) is 9.84 Å². The molecule has 2 amide bonds. The number of sulfone groups is 1. The summed E-state index contributed by atoms with van der Waals surface area (Å²) in [6.07, 6.45) is 9.06. The molecule has 4 aliphatic carbocycles. The number of nitrogens with one attached hydrogen (secondary N) is 2. The highest BCUT2D eigenvalue weighted by Crippen LogP contribution is 2.60.